The molecule has 4 aromatic rings. The van der Waals surface area contributed by atoms with Crippen molar-refractivity contribution in [2.75, 3.05) is 20.2 Å². The zero-order chi connectivity index (χ0) is 22.2. The Kier molecular flexibility index (Phi) is 5.26. The van der Waals surface area contributed by atoms with E-state index in [-0.39, 0.29) is 11.6 Å². The van der Waals surface area contributed by atoms with Crippen molar-refractivity contribution in [2.24, 2.45) is 11.7 Å². The van der Waals surface area contributed by atoms with Gasteiger partial charge in [-0.3, -0.25) is 4.79 Å². The maximum absolute atomic E-state index is 12.6. The molecule has 0 atom stereocenters. The number of hydrogen-bond donors (Lipinski definition) is 2. The van der Waals surface area contributed by atoms with Gasteiger partial charge in [0, 0.05) is 30.2 Å². The van der Waals surface area contributed by atoms with Gasteiger partial charge in [-0.2, -0.15) is 5.10 Å². The largest absolute Gasteiger partial charge is 0.479 e. The maximum atomic E-state index is 12.6. The molecule has 9 heteroatoms. The van der Waals surface area contributed by atoms with Gasteiger partial charge in [-0.25, -0.2) is 14.5 Å². The summed E-state index contributed by atoms with van der Waals surface area (Å²) >= 11 is 0. The number of methoxy groups -OCH3 is 1. The van der Waals surface area contributed by atoms with E-state index in [0.29, 0.717) is 31.3 Å². The molecule has 0 radical (unpaired) electrons. The van der Waals surface area contributed by atoms with Crippen LogP contribution < -0.4 is 15.8 Å². The molecule has 1 fully saturated rings. The minimum Gasteiger partial charge on any atom is -0.479 e. The molecule has 5 rings (SSSR count). The van der Waals surface area contributed by atoms with E-state index < -0.39 is 0 Å². The number of rotatable bonds is 8. The molecule has 0 aliphatic heterocycles. The van der Waals surface area contributed by atoms with E-state index in [1.807, 2.05) is 19.2 Å². The Labute approximate surface area is 185 Å². The fourth-order valence-electron chi connectivity index (χ4n) is 4.09. The van der Waals surface area contributed by atoms with Crippen LogP contribution >= 0.6 is 0 Å². The van der Waals surface area contributed by atoms with E-state index in [2.05, 4.69) is 32.0 Å². The van der Waals surface area contributed by atoms with Crippen molar-refractivity contribution in [1.29, 1.82) is 0 Å². The predicted molar refractivity (Wildman–Crippen MR) is 122 cm³/mol. The molecule has 4 aromatic heterocycles. The number of fused-ring (bicyclic) bond motifs is 2. The standard InChI is InChI=1S/C23H27N7O2/c1-14-19(18-11-16-5-3-9-25-21(16)29(18)12-15-6-7-15)28-30-13-17(22(31)26-10-4-8-24)27-23(32-2)20(14)30/h3,5,9,11,13,15H,4,6-8,10,12,24H2,1-2H3,(H,26,31). The molecule has 0 spiro atoms. The number of aryl methyl sites for hydroxylation is 1. The lowest BCUT2D eigenvalue weighted by Crippen LogP contribution is -2.27. The Morgan fingerprint density at radius 2 is 2.22 bits per heavy atom. The molecule has 1 aliphatic carbocycles. The summed E-state index contributed by atoms with van der Waals surface area (Å²) in [5, 5.41) is 8.78. The summed E-state index contributed by atoms with van der Waals surface area (Å²) in [6.45, 7) is 3.94. The molecule has 3 N–H and O–H groups in total. The highest BCUT2D eigenvalue weighted by molar-refractivity contribution is 5.93. The number of nitrogens with one attached hydrogen (secondary N) is 1. The number of carbonyl (C=O) groups excluding carboxylic acids is 1. The number of nitrogens with zero attached hydrogens (tertiary/aromatic N) is 5. The first-order valence-corrected chi connectivity index (χ1v) is 11.0. The second-order valence-corrected chi connectivity index (χ2v) is 8.30. The first kappa shape index (κ1) is 20.4. The second kappa shape index (κ2) is 8.23. The SMILES string of the molecule is COc1nc(C(=O)NCCCN)cn2nc(-c3cc4cccnc4n3CC3CC3)c(C)c12. The van der Waals surface area contributed by atoms with Gasteiger partial charge < -0.3 is 20.4 Å². The second-order valence-electron chi connectivity index (χ2n) is 8.30. The zero-order valence-electron chi connectivity index (χ0n) is 18.3. The van der Waals surface area contributed by atoms with Crippen LogP contribution in [0.3, 0.4) is 0 Å². The highest BCUT2D eigenvalue weighted by atomic mass is 16.5. The third-order valence-electron chi connectivity index (χ3n) is 5.94. The normalized spacial score (nSPS) is 13.7. The monoisotopic (exact) mass is 433 g/mol. The van der Waals surface area contributed by atoms with Crippen molar-refractivity contribution in [3.8, 4) is 17.3 Å². The highest BCUT2D eigenvalue weighted by Crippen LogP contribution is 2.37. The molecule has 1 saturated carbocycles. The van der Waals surface area contributed by atoms with E-state index in [9.17, 15) is 4.79 Å². The van der Waals surface area contributed by atoms with Crippen LogP contribution in [0, 0.1) is 12.8 Å². The van der Waals surface area contributed by atoms with Crippen molar-refractivity contribution in [1.82, 2.24) is 29.5 Å². The summed E-state index contributed by atoms with van der Waals surface area (Å²) in [4.78, 5) is 21.6. The summed E-state index contributed by atoms with van der Waals surface area (Å²) in [6.07, 6.45) is 6.68. The number of ether oxygens (including phenoxy) is 1. The van der Waals surface area contributed by atoms with Gasteiger partial charge in [0.05, 0.1) is 19.0 Å². The topological polar surface area (TPSA) is 112 Å². The van der Waals surface area contributed by atoms with Gasteiger partial charge in [-0.05, 0) is 56.8 Å². The molecular formula is C23H27N7O2. The minimum absolute atomic E-state index is 0.251. The average molecular weight is 434 g/mol. The third-order valence-corrected chi connectivity index (χ3v) is 5.94. The van der Waals surface area contributed by atoms with E-state index in [1.54, 1.807) is 17.8 Å². The molecule has 1 aliphatic rings. The van der Waals surface area contributed by atoms with E-state index in [1.165, 1.54) is 12.8 Å². The summed E-state index contributed by atoms with van der Waals surface area (Å²) in [7, 11) is 1.55. The van der Waals surface area contributed by atoms with Crippen LogP contribution in [-0.4, -0.2) is 50.3 Å². The molecule has 166 valence electrons. The Morgan fingerprint density at radius 1 is 1.38 bits per heavy atom. The number of amides is 1. The van der Waals surface area contributed by atoms with Crippen LogP contribution in [0.1, 0.15) is 35.3 Å². The molecule has 9 nitrogen and oxygen atoms in total. The lowest BCUT2D eigenvalue weighted by atomic mass is 10.1. The molecular weight excluding hydrogens is 406 g/mol. The Bertz CT molecular complexity index is 1300. The van der Waals surface area contributed by atoms with Crippen molar-refractivity contribution < 1.29 is 9.53 Å². The van der Waals surface area contributed by atoms with E-state index in [0.717, 1.165) is 40.0 Å². The Hall–Kier alpha value is -3.46. The van der Waals surface area contributed by atoms with Gasteiger partial charge in [-0.1, -0.05) is 0 Å². The fourth-order valence-corrected chi connectivity index (χ4v) is 4.09. The molecule has 0 unspecified atom stereocenters. The first-order valence-electron chi connectivity index (χ1n) is 11.0. The van der Waals surface area contributed by atoms with E-state index >= 15 is 0 Å². The molecule has 0 aromatic carbocycles. The summed E-state index contributed by atoms with van der Waals surface area (Å²) in [6, 6.07) is 6.17. The van der Waals surface area contributed by atoms with E-state index in [4.69, 9.17) is 15.6 Å². The van der Waals surface area contributed by atoms with Crippen molar-refractivity contribution >= 4 is 22.5 Å². The van der Waals surface area contributed by atoms with Gasteiger partial charge >= 0.3 is 0 Å². The minimum atomic E-state index is -0.277. The molecule has 0 saturated heterocycles. The molecule has 4 heterocycles. The number of pyridine rings is 1. The first-order chi connectivity index (χ1) is 15.6. The summed E-state index contributed by atoms with van der Waals surface area (Å²) in [5.41, 5.74) is 10.3. The number of aromatic nitrogens is 5. The molecule has 32 heavy (non-hydrogen) atoms. The smallest absolute Gasteiger partial charge is 0.271 e. The zero-order valence-corrected chi connectivity index (χ0v) is 18.3. The van der Waals surface area contributed by atoms with Crippen LogP contribution in [0.25, 0.3) is 27.9 Å². The maximum Gasteiger partial charge on any atom is 0.271 e. The summed E-state index contributed by atoms with van der Waals surface area (Å²) < 4.78 is 9.51. The van der Waals surface area contributed by atoms with Crippen LogP contribution in [0.4, 0.5) is 0 Å². The Balaban J connectivity index is 1.63. The van der Waals surface area contributed by atoms with Crippen molar-refractivity contribution in [2.45, 2.75) is 32.7 Å². The average Bonchev–Trinajstić information content (AvgIpc) is 3.47. The van der Waals surface area contributed by atoms with Gasteiger partial charge in [-0.15, -0.1) is 0 Å². The Morgan fingerprint density at radius 3 is 2.97 bits per heavy atom. The van der Waals surface area contributed by atoms with Crippen LogP contribution in [0.5, 0.6) is 5.88 Å². The van der Waals surface area contributed by atoms with Crippen molar-refractivity contribution in [3.05, 3.63) is 41.9 Å². The van der Waals surface area contributed by atoms with Crippen molar-refractivity contribution in [3.63, 3.8) is 0 Å². The lowest BCUT2D eigenvalue weighted by Gasteiger charge is -2.08. The third kappa shape index (κ3) is 3.58. The quantitative estimate of drug-likeness (QED) is 0.413. The highest BCUT2D eigenvalue weighted by Gasteiger charge is 2.27. The van der Waals surface area contributed by atoms with Crippen LogP contribution in [-0.2, 0) is 6.54 Å². The van der Waals surface area contributed by atoms with Gasteiger partial charge in [0.2, 0.25) is 5.88 Å². The van der Waals surface area contributed by atoms with Gasteiger partial charge in [0.15, 0.2) is 5.69 Å². The number of hydrogen-bond acceptors (Lipinski definition) is 6. The summed E-state index contributed by atoms with van der Waals surface area (Å²) in [5.74, 6) is 0.778. The van der Waals surface area contributed by atoms with Gasteiger partial charge in [0.25, 0.3) is 5.91 Å². The predicted octanol–water partition coefficient (Wildman–Crippen LogP) is 2.55. The molecule has 0 bridgehead atoms. The fraction of sp³-hybridized carbons (Fsp3) is 0.391. The lowest BCUT2D eigenvalue weighted by molar-refractivity contribution is 0.0947. The number of carbonyl (C=O) groups is 1. The van der Waals surface area contributed by atoms with Crippen LogP contribution in [0.15, 0.2) is 30.6 Å². The van der Waals surface area contributed by atoms with Crippen LogP contribution in [0.2, 0.25) is 0 Å². The number of nitrogens with two attached hydrogens (primary N) is 1. The molecule has 1 amide bonds. The van der Waals surface area contributed by atoms with Gasteiger partial charge in [0.1, 0.15) is 16.9 Å².